The number of aromatic nitrogens is 1. The number of hydrogen-bond donors (Lipinski definition) is 2. The van der Waals surface area contributed by atoms with Gasteiger partial charge in [-0.15, -0.1) is 0 Å². The van der Waals surface area contributed by atoms with Crippen molar-refractivity contribution in [2.75, 3.05) is 5.73 Å². The first-order chi connectivity index (χ1) is 9.65. The topological polar surface area (TPSA) is 59.1 Å². The molecule has 106 valence electrons. The van der Waals surface area contributed by atoms with Crippen LogP contribution in [0.3, 0.4) is 0 Å². The van der Waals surface area contributed by atoms with Crippen LogP contribution in [0.1, 0.15) is 43.9 Å². The SMILES string of the molecule is CCC(CC)(c1ccccc1)C(O)c1cnccc1N. The van der Waals surface area contributed by atoms with Gasteiger partial charge in [0.05, 0.1) is 6.10 Å². The van der Waals surface area contributed by atoms with E-state index in [-0.39, 0.29) is 5.41 Å². The molecule has 1 atom stereocenters. The average Bonchev–Trinajstić information content (AvgIpc) is 2.50. The zero-order valence-electron chi connectivity index (χ0n) is 12.1. The van der Waals surface area contributed by atoms with Gasteiger partial charge in [-0.1, -0.05) is 44.2 Å². The van der Waals surface area contributed by atoms with Crippen molar-refractivity contribution in [3.63, 3.8) is 0 Å². The van der Waals surface area contributed by atoms with Crippen LogP contribution in [0.15, 0.2) is 48.8 Å². The number of benzene rings is 1. The lowest BCUT2D eigenvalue weighted by Gasteiger charge is -2.37. The van der Waals surface area contributed by atoms with Crippen molar-refractivity contribution < 1.29 is 5.11 Å². The molecule has 0 radical (unpaired) electrons. The van der Waals surface area contributed by atoms with Gasteiger partial charge in [0, 0.05) is 29.1 Å². The van der Waals surface area contributed by atoms with Crippen LogP contribution in [0.2, 0.25) is 0 Å². The van der Waals surface area contributed by atoms with Crippen molar-refractivity contribution in [1.82, 2.24) is 4.98 Å². The maximum absolute atomic E-state index is 10.9. The van der Waals surface area contributed by atoms with Gasteiger partial charge in [0.1, 0.15) is 0 Å². The Morgan fingerprint density at radius 2 is 1.80 bits per heavy atom. The molecule has 2 aromatic rings. The molecule has 3 heteroatoms. The number of rotatable bonds is 5. The molecule has 1 heterocycles. The third-order valence-electron chi connectivity index (χ3n) is 4.32. The number of nitrogen functional groups attached to an aromatic ring is 1. The summed E-state index contributed by atoms with van der Waals surface area (Å²) in [5, 5.41) is 10.9. The van der Waals surface area contributed by atoms with Gasteiger partial charge < -0.3 is 10.8 Å². The summed E-state index contributed by atoms with van der Waals surface area (Å²) in [5.74, 6) is 0. The van der Waals surface area contributed by atoms with Gasteiger partial charge in [-0.2, -0.15) is 0 Å². The summed E-state index contributed by atoms with van der Waals surface area (Å²) in [5.41, 5.74) is 8.11. The van der Waals surface area contributed by atoms with Gasteiger partial charge in [-0.25, -0.2) is 0 Å². The van der Waals surface area contributed by atoms with E-state index in [0.717, 1.165) is 18.4 Å². The minimum Gasteiger partial charge on any atom is -0.398 e. The third kappa shape index (κ3) is 2.41. The highest BCUT2D eigenvalue weighted by atomic mass is 16.3. The molecule has 0 aliphatic carbocycles. The number of aliphatic hydroxyl groups is 1. The number of aliphatic hydroxyl groups excluding tert-OH is 1. The van der Waals surface area contributed by atoms with Gasteiger partial charge in [0.2, 0.25) is 0 Å². The molecule has 3 N–H and O–H groups in total. The van der Waals surface area contributed by atoms with Crippen LogP contribution in [0, 0.1) is 0 Å². The number of anilines is 1. The highest BCUT2D eigenvalue weighted by Crippen LogP contribution is 2.44. The number of hydrogen-bond acceptors (Lipinski definition) is 3. The van der Waals surface area contributed by atoms with Crippen LogP contribution in [0.4, 0.5) is 5.69 Å². The minimum absolute atomic E-state index is 0.335. The van der Waals surface area contributed by atoms with Crippen molar-refractivity contribution in [1.29, 1.82) is 0 Å². The van der Waals surface area contributed by atoms with E-state index >= 15 is 0 Å². The van der Waals surface area contributed by atoms with Crippen LogP contribution in [0.5, 0.6) is 0 Å². The molecule has 0 bridgehead atoms. The Balaban J connectivity index is 2.51. The van der Waals surface area contributed by atoms with Crippen molar-refractivity contribution in [2.45, 2.75) is 38.2 Å². The average molecular weight is 270 g/mol. The first kappa shape index (κ1) is 14.5. The Kier molecular flexibility index (Phi) is 4.40. The van der Waals surface area contributed by atoms with E-state index in [1.807, 2.05) is 18.2 Å². The fourth-order valence-corrected chi connectivity index (χ4v) is 2.92. The Hall–Kier alpha value is -1.87. The van der Waals surface area contributed by atoms with Crippen LogP contribution < -0.4 is 5.73 Å². The van der Waals surface area contributed by atoms with Crippen LogP contribution in [-0.2, 0) is 5.41 Å². The van der Waals surface area contributed by atoms with Gasteiger partial charge >= 0.3 is 0 Å². The second-order valence-electron chi connectivity index (χ2n) is 5.14. The fraction of sp³-hybridized carbons (Fsp3) is 0.353. The summed E-state index contributed by atoms with van der Waals surface area (Å²) in [6.07, 6.45) is 4.33. The van der Waals surface area contributed by atoms with Gasteiger partial charge in [0.25, 0.3) is 0 Å². The van der Waals surface area contributed by atoms with E-state index in [2.05, 4.69) is 31.0 Å². The summed E-state index contributed by atoms with van der Waals surface area (Å²) >= 11 is 0. The standard InChI is InChI=1S/C17H22N2O/c1-3-17(4-2,13-8-6-5-7-9-13)16(20)14-12-19-11-10-15(14)18/h5-12,16,20H,3-4H2,1-2H3,(H2,18,19). The smallest absolute Gasteiger partial charge is 0.0921 e. The molecule has 1 unspecified atom stereocenters. The molecular formula is C17H22N2O. The predicted octanol–water partition coefficient (Wildman–Crippen LogP) is 3.46. The second-order valence-corrected chi connectivity index (χ2v) is 5.14. The second kappa shape index (κ2) is 6.06. The maximum Gasteiger partial charge on any atom is 0.0921 e. The molecule has 0 aliphatic heterocycles. The van der Waals surface area contributed by atoms with Gasteiger partial charge in [-0.05, 0) is 24.5 Å². The largest absolute Gasteiger partial charge is 0.398 e. The molecule has 1 aromatic carbocycles. The number of nitrogens with two attached hydrogens (primary N) is 1. The maximum atomic E-state index is 10.9. The lowest BCUT2D eigenvalue weighted by atomic mass is 9.69. The molecule has 0 fully saturated rings. The first-order valence-corrected chi connectivity index (χ1v) is 7.08. The molecule has 1 aromatic heterocycles. The minimum atomic E-state index is -0.659. The third-order valence-corrected chi connectivity index (χ3v) is 4.32. The van der Waals surface area contributed by atoms with Crippen LogP contribution in [-0.4, -0.2) is 10.1 Å². The molecule has 3 nitrogen and oxygen atoms in total. The Morgan fingerprint density at radius 3 is 2.35 bits per heavy atom. The molecule has 0 aliphatic rings. The van der Waals surface area contributed by atoms with Crippen molar-refractivity contribution in [2.24, 2.45) is 0 Å². The summed E-state index contributed by atoms with van der Waals surface area (Å²) in [4.78, 5) is 4.10. The molecule has 0 amide bonds. The van der Waals surface area contributed by atoms with E-state index in [9.17, 15) is 5.11 Å². The summed E-state index contributed by atoms with van der Waals surface area (Å²) in [7, 11) is 0. The van der Waals surface area contributed by atoms with Crippen molar-refractivity contribution in [3.8, 4) is 0 Å². The quantitative estimate of drug-likeness (QED) is 0.874. The van der Waals surface area contributed by atoms with E-state index in [4.69, 9.17) is 5.73 Å². The normalized spacial score (nSPS) is 13.2. The molecular weight excluding hydrogens is 248 g/mol. The molecule has 0 saturated heterocycles. The monoisotopic (exact) mass is 270 g/mol. The summed E-state index contributed by atoms with van der Waals surface area (Å²) in [6, 6.07) is 11.9. The number of pyridine rings is 1. The zero-order chi connectivity index (χ0) is 14.6. The van der Waals surface area contributed by atoms with Crippen molar-refractivity contribution in [3.05, 3.63) is 59.9 Å². The van der Waals surface area contributed by atoms with E-state index < -0.39 is 6.10 Å². The predicted molar refractivity (Wildman–Crippen MR) is 82.3 cm³/mol. The van der Waals surface area contributed by atoms with Crippen molar-refractivity contribution >= 4 is 5.69 Å². The summed E-state index contributed by atoms with van der Waals surface area (Å²) < 4.78 is 0. The van der Waals surface area contributed by atoms with E-state index in [1.165, 1.54) is 0 Å². The highest BCUT2D eigenvalue weighted by molar-refractivity contribution is 5.48. The highest BCUT2D eigenvalue weighted by Gasteiger charge is 2.38. The zero-order valence-corrected chi connectivity index (χ0v) is 12.1. The molecule has 0 saturated carbocycles. The Labute approximate surface area is 120 Å². The summed E-state index contributed by atoms with van der Waals surface area (Å²) in [6.45, 7) is 4.21. The van der Waals surface area contributed by atoms with Crippen LogP contribution >= 0.6 is 0 Å². The Morgan fingerprint density at radius 1 is 1.15 bits per heavy atom. The van der Waals surface area contributed by atoms with E-state index in [1.54, 1.807) is 18.5 Å². The molecule has 20 heavy (non-hydrogen) atoms. The molecule has 0 spiro atoms. The first-order valence-electron chi connectivity index (χ1n) is 7.08. The Bertz CT molecular complexity index is 550. The van der Waals surface area contributed by atoms with Gasteiger partial charge in [-0.3, -0.25) is 4.98 Å². The van der Waals surface area contributed by atoms with E-state index in [0.29, 0.717) is 11.3 Å². The van der Waals surface area contributed by atoms with Gasteiger partial charge in [0.15, 0.2) is 0 Å². The lowest BCUT2D eigenvalue weighted by molar-refractivity contribution is 0.0731. The fourth-order valence-electron chi connectivity index (χ4n) is 2.92. The molecule has 2 rings (SSSR count). The van der Waals surface area contributed by atoms with Crippen LogP contribution in [0.25, 0.3) is 0 Å². The number of nitrogens with zero attached hydrogens (tertiary/aromatic N) is 1. The lowest BCUT2D eigenvalue weighted by Crippen LogP contribution is -2.33.